The van der Waals surface area contributed by atoms with E-state index < -0.39 is 9.84 Å². The quantitative estimate of drug-likeness (QED) is 0.893. The van der Waals surface area contributed by atoms with Gasteiger partial charge in [0.25, 0.3) is 0 Å². The summed E-state index contributed by atoms with van der Waals surface area (Å²) < 4.78 is 23.4. The van der Waals surface area contributed by atoms with Crippen molar-refractivity contribution in [2.75, 3.05) is 19.3 Å². The van der Waals surface area contributed by atoms with E-state index in [-0.39, 0.29) is 0 Å². The molecule has 0 unspecified atom stereocenters. The summed E-state index contributed by atoms with van der Waals surface area (Å²) in [6.07, 6.45) is 3.46. The van der Waals surface area contributed by atoms with Gasteiger partial charge in [0.1, 0.15) is 0 Å². The molecule has 1 heterocycles. The Morgan fingerprint density at radius 3 is 2.33 bits per heavy atom. The summed E-state index contributed by atoms with van der Waals surface area (Å²) in [5.74, 6) is 0.492. The first-order valence-corrected chi connectivity index (χ1v) is 8.30. The Balaban J connectivity index is 2.48. The number of hydrogen-bond donors (Lipinski definition) is 1. The van der Waals surface area contributed by atoms with Gasteiger partial charge < -0.3 is 5.32 Å². The monoisotopic (exact) mass is 267 g/mol. The topological polar surface area (TPSA) is 46.2 Å². The molecule has 0 spiro atoms. The molecule has 1 saturated heterocycles. The smallest absolute Gasteiger partial charge is 0.175 e. The highest BCUT2D eigenvalue weighted by Crippen LogP contribution is 2.31. The third kappa shape index (κ3) is 2.75. The summed E-state index contributed by atoms with van der Waals surface area (Å²) in [5, 5.41) is 3.35. The molecular weight excluding hydrogens is 246 g/mol. The van der Waals surface area contributed by atoms with Crippen molar-refractivity contribution in [3.05, 3.63) is 28.8 Å². The molecule has 0 saturated carbocycles. The van der Waals surface area contributed by atoms with E-state index in [1.54, 1.807) is 6.07 Å². The van der Waals surface area contributed by atoms with E-state index in [1.165, 1.54) is 17.4 Å². The first-order chi connectivity index (χ1) is 8.39. The lowest BCUT2D eigenvalue weighted by molar-refractivity contribution is 0.458. The van der Waals surface area contributed by atoms with E-state index in [0.29, 0.717) is 10.8 Å². The summed E-state index contributed by atoms with van der Waals surface area (Å²) in [5.41, 5.74) is 3.54. The van der Waals surface area contributed by atoms with Gasteiger partial charge in [-0.15, -0.1) is 0 Å². The molecule has 1 aromatic rings. The molecule has 0 atom stereocenters. The summed E-state index contributed by atoms with van der Waals surface area (Å²) in [6.45, 7) is 6.13. The minimum Gasteiger partial charge on any atom is -0.317 e. The summed E-state index contributed by atoms with van der Waals surface area (Å²) in [4.78, 5) is 0.458. The number of benzene rings is 1. The molecule has 1 aliphatic heterocycles. The van der Waals surface area contributed by atoms with Gasteiger partial charge in [0.2, 0.25) is 0 Å². The Morgan fingerprint density at radius 1 is 1.17 bits per heavy atom. The third-order valence-electron chi connectivity index (χ3n) is 3.89. The van der Waals surface area contributed by atoms with E-state index in [1.807, 2.05) is 13.0 Å². The average molecular weight is 267 g/mol. The lowest BCUT2D eigenvalue weighted by atomic mass is 9.86. The SMILES string of the molecule is Cc1cc(S(C)(=O)=O)cc(C2CCNCC2)c1C. The molecule has 4 heteroatoms. The number of rotatable bonds is 2. The second-order valence-corrected chi connectivity index (χ2v) is 7.27. The van der Waals surface area contributed by atoms with Crippen LogP contribution in [0.15, 0.2) is 17.0 Å². The van der Waals surface area contributed by atoms with E-state index in [2.05, 4.69) is 12.2 Å². The maximum Gasteiger partial charge on any atom is 0.175 e. The highest BCUT2D eigenvalue weighted by Gasteiger charge is 2.20. The second-order valence-electron chi connectivity index (χ2n) is 5.25. The fourth-order valence-electron chi connectivity index (χ4n) is 2.62. The van der Waals surface area contributed by atoms with Gasteiger partial charge in [-0.2, -0.15) is 0 Å². The van der Waals surface area contributed by atoms with Crippen molar-refractivity contribution < 1.29 is 8.42 Å². The number of aryl methyl sites for hydroxylation is 1. The van der Waals surface area contributed by atoms with Crippen LogP contribution in [0.2, 0.25) is 0 Å². The van der Waals surface area contributed by atoms with Gasteiger partial charge in [-0.25, -0.2) is 8.42 Å². The number of hydrogen-bond acceptors (Lipinski definition) is 3. The van der Waals surface area contributed by atoms with Crippen LogP contribution in [0.5, 0.6) is 0 Å². The predicted molar refractivity (Wildman–Crippen MR) is 73.9 cm³/mol. The lowest BCUT2D eigenvalue weighted by Gasteiger charge is -2.25. The molecule has 3 nitrogen and oxygen atoms in total. The Hall–Kier alpha value is -0.870. The van der Waals surface area contributed by atoms with Crippen molar-refractivity contribution in [1.29, 1.82) is 0 Å². The predicted octanol–water partition coefficient (Wildman–Crippen LogP) is 2.17. The molecule has 1 N–H and O–H groups in total. The standard InChI is InChI=1S/C14H21NO2S/c1-10-8-13(18(3,16)17)9-14(11(10)2)12-4-6-15-7-5-12/h8-9,12,15H,4-7H2,1-3H3. The van der Waals surface area contributed by atoms with Crippen LogP contribution in [0.4, 0.5) is 0 Å². The van der Waals surface area contributed by atoms with Crippen LogP contribution >= 0.6 is 0 Å². The van der Waals surface area contributed by atoms with E-state index >= 15 is 0 Å². The highest BCUT2D eigenvalue weighted by molar-refractivity contribution is 7.90. The minimum absolute atomic E-state index is 0.458. The van der Waals surface area contributed by atoms with Crippen molar-refractivity contribution in [3.8, 4) is 0 Å². The Morgan fingerprint density at radius 2 is 1.78 bits per heavy atom. The van der Waals surface area contributed by atoms with Gasteiger partial charge in [-0.3, -0.25) is 0 Å². The van der Waals surface area contributed by atoms with Crippen LogP contribution in [-0.4, -0.2) is 27.8 Å². The Labute approximate surface area is 110 Å². The molecular formula is C14H21NO2S. The van der Waals surface area contributed by atoms with Crippen LogP contribution in [0.25, 0.3) is 0 Å². The molecule has 0 radical (unpaired) electrons. The van der Waals surface area contributed by atoms with Crippen LogP contribution in [0, 0.1) is 13.8 Å². The van der Waals surface area contributed by atoms with Crippen molar-refractivity contribution in [1.82, 2.24) is 5.32 Å². The normalized spacial score (nSPS) is 17.9. The highest BCUT2D eigenvalue weighted by atomic mass is 32.2. The maximum absolute atomic E-state index is 11.7. The van der Waals surface area contributed by atoms with Gasteiger partial charge in [0.05, 0.1) is 4.90 Å². The van der Waals surface area contributed by atoms with Crippen molar-refractivity contribution in [2.24, 2.45) is 0 Å². The van der Waals surface area contributed by atoms with Gasteiger partial charge in [0, 0.05) is 6.26 Å². The van der Waals surface area contributed by atoms with Gasteiger partial charge in [0.15, 0.2) is 9.84 Å². The van der Waals surface area contributed by atoms with Crippen molar-refractivity contribution in [3.63, 3.8) is 0 Å². The molecule has 1 aliphatic rings. The fraction of sp³-hybridized carbons (Fsp3) is 0.571. The average Bonchev–Trinajstić information content (AvgIpc) is 2.32. The Kier molecular flexibility index (Phi) is 3.78. The van der Waals surface area contributed by atoms with Crippen molar-refractivity contribution >= 4 is 9.84 Å². The van der Waals surface area contributed by atoms with Gasteiger partial charge in [-0.05, 0) is 74.5 Å². The molecule has 1 fully saturated rings. The van der Waals surface area contributed by atoms with E-state index in [4.69, 9.17) is 0 Å². The minimum atomic E-state index is -3.12. The van der Waals surface area contributed by atoms with Crippen LogP contribution in [-0.2, 0) is 9.84 Å². The zero-order valence-corrected chi connectivity index (χ0v) is 12.1. The third-order valence-corrected chi connectivity index (χ3v) is 4.98. The van der Waals surface area contributed by atoms with Crippen LogP contribution in [0.3, 0.4) is 0 Å². The molecule has 1 aromatic carbocycles. The maximum atomic E-state index is 11.7. The Bertz CT molecular complexity index is 543. The molecule has 0 bridgehead atoms. The molecule has 100 valence electrons. The largest absolute Gasteiger partial charge is 0.317 e. The molecule has 0 aromatic heterocycles. The number of piperidine rings is 1. The van der Waals surface area contributed by atoms with Gasteiger partial charge in [-0.1, -0.05) is 0 Å². The first kappa shape index (κ1) is 13.6. The zero-order valence-electron chi connectivity index (χ0n) is 11.3. The summed E-state index contributed by atoms with van der Waals surface area (Å²) >= 11 is 0. The number of nitrogens with one attached hydrogen (secondary N) is 1. The van der Waals surface area contributed by atoms with Crippen LogP contribution in [0.1, 0.15) is 35.4 Å². The fourth-order valence-corrected chi connectivity index (χ4v) is 3.36. The molecule has 0 amide bonds. The molecule has 2 rings (SSSR count). The van der Waals surface area contributed by atoms with E-state index in [9.17, 15) is 8.42 Å². The first-order valence-electron chi connectivity index (χ1n) is 6.41. The summed E-state index contributed by atoms with van der Waals surface area (Å²) in [6, 6.07) is 3.67. The molecule has 0 aliphatic carbocycles. The summed E-state index contributed by atoms with van der Waals surface area (Å²) in [7, 11) is -3.12. The number of sulfone groups is 1. The second kappa shape index (κ2) is 5.02. The lowest BCUT2D eigenvalue weighted by Crippen LogP contribution is -2.27. The zero-order chi connectivity index (χ0) is 13.3. The van der Waals surface area contributed by atoms with Crippen molar-refractivity contribution in [2.45, 2.75) is 37.5 Å². The molecule has 18 heavy (non-hydrogen) atoms. The van der Waals surface area contributed by atoms with Crippen LogP contribution < -0.4 is 5.32 Å². The van der Waals surface area contributed by atoms with E-state index in [0.717, 1.165) is 31.5 Å². The van der Waals surface area contributed by atoms with Gasteiger partial charge >= 0.3 is 0 Å².